The van der Waals surface area contributed by atoms with Gasteiger partial charge >= 0.3 is 0 Å². The van der Waals surface area contributed by atoms with Crippen LogP contribution in [0.4, 0.5) is 0 Å². The van der Waals surface area contributed by atoms with Crippen molar-refractivity contribution in [3.63, 3.8) is 0 Å². The number of rotatable bonds is 2. The monoisotopic (exact) mass is 258 g/mol. The van der Waals surface area contributed by atoms with Gasteiger partial charge in [0.1, 0.15) is 5.65 Å². The zero-order valence-electron chi connectivity index (χ0n) is 11.9. The van der Waals surface area contributed by atoms with Crippen molar-refractivity contribution in [3.05, 3.63) is 35.8 Å². The lowest BCUT2D eigenvalue weighted by molar-refractivity contribution is 0.137. The molecule has 0 bridgehead atoms. The Kier molecular flexibility index (Phi) is 3.29. The third-order valence-corrected chi connectivity index (χ3v) is 4.07. The maximum absolute atomic E-state index is 4.55. The minimum absolute atomic E-state index is 0.567. The molecule has 102 valence electrons. The molecule has 3 heterocycles. The fourth-order valence-corrected chi connectivity index (χ4v) is 2.84. The highest BCUT2D eigenvalue weighted by atomic mass is 15.2. The van der Waals surface area contributed by atoms with Gasteiger partial charge in [-0.15, -0.1) is 0 Å². The van der Waals surface area contributed by atoms with Crippen molar-refractivity contribution >= 4 is 5.65 Å². The fraction of sp³-hybridized carbons (Fsp3) is 0.533. The predicted octanol–water partition coefficient (Wildman–Crippen LogP) is 1.82. The van der Waals surface area contributed by atoms with Crippen molar-refractivity contribution < 1.29 is 0 Å². The molecular weight excluding hydrogens is 236 g/mol. The van der Waals surface area contributed by atoms with E-state index in [2.05, 4.69) is 58.7 Å². The van der Waals surface area contributed by atoms with Gasteiger partial charge in [-0.1, -0.05) is 6.07 Å². The highest BCUT2D eigenvalue weighted by Gasteiger charge is 2.23. The summed E-state index contributed by atoms with van der Waals surface area (Å²) in [5, 5.41) is 3.52. The van der Waals surface area contributed by atoms with E-state index in [0.29, 0.717) is 12.1 Å². The van der Waals surface area contributed by atoms with Crippen molar-refractivity contribution in [2.75, 3.05) is 13.1 Å². The molecule has 0 radical (unpaired) electrons. The lowest BCUT2D eigenvalue weighted by atomic mass is 10.1. The summed E-state index contributed by atoms with van der Waals surface area (Å²) >= 11 is 0. The van der Waals surface area contributed by atoms with Crippen LogP contribution in [0.1, 0.15) is 25.1 Å². The Morgan fingerprint density at radius 2 is 2.26 bits per heavy atom. The molecule has 1 saturated heterocycles. The van der Waals surface area contributed by atoms with Crippen molar-refractivity contribution in [2.45, 2.75) is 39.4 Å². The molecule has 0 saturated carbocycles. The molecule has 4 heteroatoms. The summed E-state index contributed by atoms with van der Waals surface area (Å²) in [5.41, 5.74) is 3.59. The molecule has 1 fully saturated rings. The van der Waals surface area contributed by atoms with Crippen LogP contribution in [-0.2, 0) is 6.54 Å². The molecule has 0 spiro atoms. The molecule has 1 aliphatic heterocycles. The molecule has 1 aliphatic rings. The molecular formula is C15H22N4. The van der Waals surface area contributed by atoms with Crippen molar-refractivity contribution in [1.82, 2.24) is 19.6 Å². The van der Waals surface area contributed by atoms with Crippen LogP contribution in [0.2, 0.25) is 0 Å². The van der Waals surface area contributed by atoms with E-state index in [4.69, 9.17) is 0 Å². The molecule has 2 unspecified atom stereocenters. The summed E-state index contributed by atoms with van der Waals surface area (Å²) in [4.78, 5) is 7.08. The van der Waals surface area contributed by atoms with Crippen LogP contribution in [0.25, 0.3) is 5.65 Å². The van der Waals surface area contributed by atoms with E-state index in [-0.39, 0.29) is 0 Å². The van der Waals surface area contributed by atoms with Gasteiger partial charge in [0.05, 0.1) is 11.9 Å². The standard InChI is InChI=1S/C15H22N4/c1-11-5-4-6-19-14(8-17-15(11)19)10-18-9-12(2)16-7-13(18)3/h4-6,8,12-13,16H,7,9-10H2,1-3H3. The van der Waals surface area contributed by atoms with Crippen LogP contribution in [0.5, 0.6) is 0 Å². The molecule has 0 aromatic carbocycles. The third kappa shape index (κ3) is 2.38. The lowest BCUT2D eigenvalue weighted by Crippen LogP contribution is -2.53. The largest absolute Gasteiger partial charge is 0.311 e. The summed E-state index contributed by atoms with van der Waals surface area (Å²) in [7, 11) is 0. The van der Waals surface area contributed by atoms with E-state index in [1.165, 1.54) is 11.3 Å². The Balaban J connectivity index is 1.87. The number of hydrogen-bond acceptors (Lipinski definition) is 3. The average Bonchev–Trinajstić information content (AvgIpc) is 2.79. The minimum atomic E-state index is 0.567. The number of nitrogens with one attached hydrogen (secondary N) is 1. The Bertz CT molecular complexity index is 575. The number of imidazole rings is 1. The summed E-state index contributed by atoms with van der Waals surface area (Å²) < 4.78 is 2.22. The maximum Gasteiger partial charge on any atom is 0.139 e. The molecule has 0 aliphatic carbocycles. The number of hydrogen-bond donors (Lipinski definition) is 1. The van der Waals surface area contributed by atoms with E-state index in [1.54, 1.807) is 0 Å². The van der Waals surface area contributed by atoms with Crippen LogP contribution >= 0.6 is 0 Å². The van der Waals surface area contributed by atoms with Crippen LogP contribution < -0.4 is 5.32 Å². The predicted molar refractivity (Wildman–Crippen MR) is 77.3 cm³/mol. The van der Waals surface area contributed by atoms with Gasteiger partial charge in [-0.25, -0.2) is 4.98 Å². The topological polar surface area (TPSA) is 32.6 Å². The molecule has 4 nitrogen and oxygen atoms in total. The number of fused-ring (bicyclic) bond motifs is 1. The second-order valence-corrected chi connectivity index (χ2v) is 5.72. The molecule has 3 rings (SSSR count). The molecule has 2 atom stereocenters. The Morgan fingerprint density at radius 1 is 1.42 bits per heavy atom. The maximum atomic E-state index is 4.55. The second-order valence-electron chi connectivity index (χ2n) is 5.72. The van der Waals surface area contributed by atoms with Gasteiger partial charge in [0.15, 0.2) is 0 Å². The summed E-state index contributed by atoms with van der Waals surface area (Å²) in [6.07, 6.45) is 4.13. The van der Waals surface area contributed by atoms with Gasteiger partial charge in [-0.05, 0) is 32.4 Å². The summed E-state index contributed by atoms with van der Waals surface area (Å²) in [6.45, 7) is 9.78. The number of piperazine rings is 1. The van der Waals surface area contributed by atoms with E-state index < -0.39 is 0 Å². The highest BCUT2D eigenvalue weighted by Crippen LogP contribution is 2.15. The van der Waals surface area contributed by atoms with Gasteiger partial charge in [0.25, 0.3) is 0 Å². The average molecular weight is 258 g/mol. The van der Waals surface area contributed by atoms with Gasteiger partial charge in [-0.3, -0.25) is 4.90 Å². The number of aromatic nitrogens is 2. The molecule has 0 amide bonds. The Morgan fingerprint density at radius 3 is 3.11 bits per heavy atom. The van der Waals surface area contributed by atoms with Crippen LogP contribution in [-0.4, -0.2) is 39.5 Å². The zero-order valence-corrected chi connectivity index (χ0v) is 11.9. The molecule has 2 aromatic heterocycles. The van der Waals surface area contributed by atoms with Gasteiger partial charge < -0.3 is 9.72 Å². The van der Waals surface area contributed by atoms with Crippen molar-refractivity contribution in [1.29, 1.82) is 0 Å². The highest BCUT2D eigenvalue weighted by molar-refractivity contribution is 5.48. The Hall–Kier alpha value is -1.39. The normalized spacial score (nSPS) is 25.0. The van der Waals surface area contributed by atoms with Crippen LogP contribution in [0.15, 0.2) is 24.5 Å². The van der Waals surface area contributed by atoms with Gasteiger partial charge in [0, 0.05) is 37.9 Å². The summed E-state index contributed by atoms with van der Waals surface area (Å²) in [6, 6.07) is 5.35. The lowest BCUT2D eigenvalue weighted by Gasteiger charge is -2.37. The molecule has 2 aromatic rings. The zero-order chi connectivity index (χ0) is 13.4. The summed E-state index contributed by atoms with van der Waals surface area (Å²) in [5.74, 6) is 0. The minimum Gasteiger partial charge on any atom is -0.311 e. The van der Waals surface area contributed by atoms with Crippen molar-refractivity contribution in [2.24, 2.45) is 0 Å². The second kappa shape index (κ2) is 4.94. The van der Waals surface area contributed by atoms with Gasteiger partial charge in [0.2, 0.25) is 0 Å². The van der Waals surface area contributed by atoms with E-state index in [0.717, 1.165) is 25.3 Å². The SMILES string of the molecule is Cc1cccn2c(CN3CC(C)NCC3C)cnc12. The number of aryl methyl sites for hydroxylation is 1. The fourth-order valence-electron chi connectivity index (χ4n) is 2.84. The van der Waals surface area contributed by atoms with E-state index in [1.807, 2.05) is 6.20 Å². The quantitative estimate of drug-likeness (QED) is 0.892. The molecule has 19 heavy (non-hydrogen) atoms. The first kappa shape index (κ1) is 12.6. The van der Waals surface area contributed by atoms with Gasteiger partial charge in [-0.2, -0.15) is 0 Å². The first-order valence-electron chi connectivity index (χ1n) is 7.04. The number of pyridine rings is 1. The Labute approximate surface area is 114 Å². The third-order valence-electron chi connectivity index (χ3n) is 4.07. The van der Waals surface area contributed by atoms with E-state index >= 15 is 0 Å². The molecule has 1 N–H and O–H groups in total. The first-order chi connectivity index (χ1) is 9.15. The first-order valence-corrected chi connectivity index (χ1v) is 7.04. The van der Waals surface area contributed by atoms with Crippen LogP contribution in [0, 0.1) is 6.92 Å². The number of nitrogens with zero attached hydrogens (tertiary/aromatic N) is 3. The van der Waals surface area contributed by atoms with Crippen molar-refractivity contribution in [3.8, 4) is 0 Å². The van der Waals surface area contributed by atoms with E-state index in [9.17, 15) is 0 Å². The smallest absolute Gasteiger partial charge is 0.139 e. The van der Waals surface area contributed by atoms with Crippen LogP contribution in [0.3, 0.4) is 0 Å².